The number of hydrogen-bond acceptors (Lipinski definition) is 7. The number of halogens is 2. The number of carbonyl (C=O) groups excluding carboxylic acids is 1. The van der Waals surface area contributed by atoms with Gasteiger partial charge in [0, 0.05) is 26.7 Å². The zero-order chi connectivity index (χ0) is 27.9. The lowest BCUT2D eigenvalue weighted by Crippen LogP contribution is -2.42. The Hall–Kier alpha value is -3.58. The minimum absolute atomic E-state index is 0.316. The van der Waals surface area contributed by atoms with E-state index in [9.17, 15) is 13.6 Å². The first kappa shape index (κ1) is 28.4. The van der Waals surface area contributed by atoms with Crippen LogP contribution in [-0.2, 0) is 9.57 Å². The van der Waals surface area contributed by atoms with E-state index in [1.54, 1.807) is 16.9 Å². The van der Waals surface area contributed by atoms with Gasteiger partial charge in [-0.25, -0.2) is 18.3 Å². The number of nitrogens with zero attached hydrogens (tertiary/aromatic N) is 4. The molecule has 0 aliphatic carbocycles. The monoisotopic (exact) mass is 544 g/mol. The maximum atomic E-state index is 14.0. The molecule has 10 nitrogen and oxygen atoms in total. The van der Waals surface area contributed by atoms with Gasteiger partial charge in [-0.15, -0.1) is 5.10 Å². The van der Waals surface area contributed by atoms with Gasteiger partial charge in [-0.1, -0.05) is 24.3 Å². The molecule has 0 spiro atoms. The molecule has 1 aromatic heterocycles. The number of carbonyl (C=O) groups is 1. The number of aromatic nitrogens is 2. The molecule has 210 valence electrons. The molecule has 0 unspecified atom stereocenters. The lowest BCUT2D eigenvalue weighted by molar-refractivity contribution is -0.154. The van der Waals surface area contributed by atoms with Gasteiger partial charge in [-0.2, -0.15) is 5.06 Å². The van der Waals surface area contributed by atoms with Crippen molar-refractivity contribution in [2.24, 2.45) is 0 Å². The number of nitrogens with one attached hydrogen (secondary N) is 2. The number of methoxy groups -OCH3 is 1. The fourth-order valence-electron chi connectivity index (χ4n) is 4.19. The summed E-state index contributed by atoms with van der Waals surface area (Å²) in [5, 5.41) is 12.1. The normalized spacial score (nSPS) is 17.5. The van der Waals surface area contributed by atoms with Crippen LogP contribution in [-0.4, -0.2) is 85.9 Å². The van der Waals surface area contributed by atoms with Crippen molar-refractivity contribution in [1.82, 2.24) is 25.1 Å². The Labute approximate surface area is 226 Å². The molecular weight excluding hydrogens is 510 g/mol. The summed E-state index contributed by atoms with van der Waals surface area (Å²) in [5.41, 5.74) is 1.81. The highest BCUT2D eigenvalue weighted by molar-refractivity contribution is 5.90. The summed E-state index contributed by atoms with van der Waals surface area (Å²) in [5.74, 6) is -1.09. The van der Waals surface area contributed by atoms with E-state index >= 15 is 0 Å². The smallest absolute Gasteiger partial charge is 0.320 e. The summed E-state index contributed by atoms with van der Waals surface area (Å²) in [4.78, 5) is 21.3. The van der Waals surface area contributed by atoms with E-state index in [0.29, 0.717) is 55.7 Å². The zero-order valence-corrected chi connectivity index (χ0v) is 22.5. The van der Waals surface area contributed by atoms with Crippen LogP contribution in [0.2, 0.25) is 0 Å². The number of hydrogen-bond donors (Lipinski definition) is 2. The molecule has 3 aromatic rings. The van der Waals surface area contributed by atoms with Crippen LogP contribution in [0.25, 0.3) is 5.69 Å². The highest BCUT2D eigenvalue weighted by Crippen LogP contribution is 2.31. The largest absolute Gasteiger partial charge is 0.475 e. The van der Waals surface area contributed by atoms with Crippen molar-refractivity contribution in [3.05, 3.63) is 71.3 Å². The third kappa shape index (κ3) is 7.09. The predicted octanol–water partition coefficient (Wildman–Crippen LogP) is 3.52. The van der Waals surface area contributed by atoms with Crippen molar-refractivity contribution in [2.75, 3.05) is 59.4 Å². The number of para-hydroxylation sites is 1. The van der Waals surface area contributed by atoms with Crippen molar-refractivity contribution in [1.29, 1.82) is 0 Å². The van der Waals surface area contributed by atoms with Crippen LogP contribution in [0, 0.1) is 18.6 Å². The fourth-order valence-corrected chi connectivity index (χ4v) is 4.19. The van der Waals surface area contributed by atoms with Crippen LogP contribution in [0.3, 0.4) is 0 Å². The van der Waals surface area contributed by atoms with Gasteiger partial charge >= 0.3 is 6.03 Å². The minimum atomic E-state index is -0.987. The molecule has 1 saturated heterocycles. The molecular formula is C27H34F2N6O4. The van der Waals surface area contributed by atoms with Crippen LogP contribution in [0.4, 0.5) is 19.4 Å². The molecule has 0 bridgehead atoms. The van der Waals surface area contributed by atoms with Crippen LogP contribution in [0.5, 0.6) is 5.88 Å². The van der Waals surface area contributed by atoms with Crippen molar-refractivity contribution in [3.63, 3.8) is 0 Å². The lowest BCUT2D eigenvalue weighted by atomic mass is 10.0. The van der Waals surface area contributed by atoms with Gasteiger partial charge in [0.25, 0.3) is 0 Å². The van der Waals surface area contributed by atoms with Crippen molar-refractivity contribution in [2.45, 2.75) is 19.1 Å². The van der Waals surface area contributed by atoms with Gasteiger partial charge in [0.2, 0.25) is 5.88 Å². The van der Waals surface area contributed by atoms with Gasteiger partial charge in [-0.05, 0) is 50.8 Å². The molecule has 0 saturated carbocycles. The third-order valence-corrected chi connectivity index (χ3v) is 6.25. The Morgan fingerprint density at radius 2 is 1.92 bits per heavy atom. The second kappa shape index (κ2) is 13.0. The van der Waals surface area contributed by atoms with Crippen LogP contribution in [0.1, 0.15) is 17.2 Å². The Morgan fingerprint density at radius 1 is 1.15 bits per heavy atom. The minimum Gasteiger partial charge on any atom is -0.475 e. The van der Waals surface area contributed by atoms with Crippen molar-refractivity contribution >= 4 is 11.8 Å². The molecule has 2 amide bonds. The number of ether oxygens (including phenoxy) is 2. The van der Waals surface area contributed by atoms with Crippen LogP contribution >= 0.6 is 0 Å². The van der Waals surface area contributed by atoms with Gasteiger partial charge in [-0.3, -0.25) is 10.2 Å². The summed E-state index contributed by atoms with van der Waals surface area (Å²) in [6, 6.07) is 11.9. The van der Waals surface area contributed by atoms with E-state index in [1.807, 2.05) is 56.3 Å². The average Bonchev–Trinajstić information content (AvgIpc) is 3.45. The molecule has 1 fully saturated rings. The molecule has 4 rings (SSSR count). The van der Waals surface area contributed by atoms with E-state index < -0.39 is 29.8 Å². The maximum Gasteiger partial charge on any atom is 0.320 e. The molecule has 1 aliphatic heterocycles. The van der Waals surface area contributed by atoms with E-state index in [-0.39, 0.29) is 0 Å². The van der Waals surface area contributed by atoms with Gasteiger partial charge in [0.1, 0.15) is 18.5 Å². The van der Waals surface area contributed by atoms with E-state index in [1.165, 1.54) is 6.07 Å². The Morgan fingerprint density at radius 3 is 2.62 bits per heavy atom. The summed E-state index contributed by atoms with van der Waals surface area (Å²) in [6.07, 6.45) is -0.729. The zero-order valence-electron chi connectivity index (χ0n) is 22.5. The lowest BCUT2D eigenvalue weighted by Gasteiger charge is -2.20. The molecule has 1 aliphatic rings. The fraction of sp³-hybridized carbons (Fsp3) is 0.407. The SMILES string of the molecule is COCCN1C[C@@H](NC(=O)Nc2c(C)c(OCCN(C)C)nn2-c2ccccc2)[C@H](c2ccc(F)c(F)c2)O1. The number of rotatable bonds is 11. The van der Waals surface area contributed by atoms with Crippen LogP contribution < -0.4 is 15.4 Å². The number of amides is 2. The summed E-state index contributed by atoms with van der Waals surface area (Å²) in [7, 11) is 5.47. The van der Waals surface area contributed by atoms with Crippen molar-refractivity contribution in [3.8, 4) is 11.6 Å². The van der Waals surface area contributed by atoms with Gasteiger partial charge < -0.3 is 19.7 Å². The van der Waals surface area contributed by atoms with Crippen LogP contribution in [0.15, 0.2) is 48.5 Å². The molecule has 0 radical (unpaired) electrons. The first-order valence-electron chi connectivity index (χ1n) is 12.6. The maximum absolute atomic E-state index is 14.0. The highest BCUT2D eigenvalue weighted by atomic mass is 19.2. The molecule has 2 N–H and O–H groups in total. The molecule has 2 heterocycles. The second-order valence-corrected chi connectivity index (χ2v) is 9.46. The molecule has 2 aromatic carbocycles. The Bertz CT molecular complexity index is 1260. The second-order valence-electron chi connectivity index (χ2n) is 9.46. The number of benzene rings is 2. The van der Waals surface area contributed by atoms with Gasteiger partial charge in [0.05, 0.1) is 23.9 Å². The third-order valence-electron chi connectivity index (χ3n) is 6.25. The van der Waals surface area contributed by atoms with E-state index in [2.05, 4.69) is 15.7 Å². The Kier molecular flexibility index (Phi) is 9.46. The number of anilines is 1. The molecule has 39 heavy (non-hydrogen) atoms. The quantitative estimate of drug-likeness (QED) is 0.382. The van der Waals surface area contributed by atoms with E-state index in [4.69, 9.17) is 14.3 Å². The Balaban J connectivity index is 1.55. The number of hydroxylamine groups is 2. The number of urea groups is 1. The highest BCUT2D eigenvalue weighted by Gasteiger charge is 2.37. The number of likely N-dealkylation sites (N-methyl/N-ethyl adjacent to an activating group) is 1. The topological polar surface area (TPSA) is 93.1 Å². The first-order chi connectivity index (χ1) is 18.8. The average molecular weight is 545 g/mol. The molecule has 2 atom stereocenters. The van der Waals surface area contributed by atoms with Gasteiger partial charge in [0.15, 0.2) is 11.6 Å². The summed E-state index contributed by atoms with van der Waals surface area (Å²) >= 11 is 0. The molecule has 12 heteroatoms. The summed E-state index contributed by atoms with van der Waals surface area (Å²) in [6.45, 7) is 4.10. The summed E-state index contributed by atoms with van der Waals surface area (Å²) < 4.78 is 40.2. The van der Waals surface area contributed by atoms with E-state index in [0.717, 1.165) is 17.8 Å². The van der Waals surface area contributed by atoms with Crippen molar-refractivity contribution < 1.29 is 27.9 Å². The predicted molar refractivity (Wildman–Crippen MR) is 142 cm³/mol. The standard InChI is InChI=1S/C27H34F2N6O4/c1-18-25(35(20-8-6-5-7-9-20)32-26(18)38-15-12-33(2)3)31-27(36)30-23-17-34(13-14-37-4)39-24(23)19-10-11-21(28)22(29)16-19/h5-11,16,23-24H,12-15,17H2,1-4H3,(H2,30,31,36)/t23-,24+/m1/s1. The first-order valence-corrected chi connectivity index (χ1v) is 12.6.